The third-order valence-corrected chi connectivity index (χ3v) is 4.68. The summed E-state index contributed by atoms with van der Waals surface area (Å²) in [4.78, 5) is 27.1. The smallest absolute Gasteiger partial charge is 0.249 e. The van der Waals surface area contributed by atoms with Crippen LogP contribution in [-0.2, 0) is 23.2 Å². The Hall–Kier alpha value is -1.85. The SMILES string of the molecule is CCC1(C)NC(=O)C(C)(CC)N(Cc2ccn(C)n2)C1=O. The van der Waals surface area contributed by atoms with Gasteiger partial charge in [0.2, 0.25) is 11.8 Å². The molecule has 1 N–H and O–H groups in total. The lowest BCUT2D eigenvalue weighted by Gasteiger charge is -2.49. The number of aromatic nitrogens is 2. The van der Waals surface area contributed by atoms with Crippen molar-refractivity contribution in [3.05, 3.63) is 18.0 Å². The first-order valence-electron chi connectivity index (χ1n) is 7.40. The normalized spacial score (nSPS) is 29.7. The minimum atomic E-state index is -0.833. The molecule has 1 aromatic rings. The van der Waals surface area contributed by atoms with Gasteiger partial charge in [-0.25, -0.2) is 0 Å². The van der Waals surface area contributed by atoms with Gasteiger partial charge in [0.1, 0.15) is 11.1 Å². The van der Waals surface area contributed by atoms with Gasteiger partial charge in [0.05, 0.1) is 12.2 Å². The number of piperazine rings is 1. The lowest BCUT2D eigenvalue weighted by Crippen LogP contribution is -2.73. The highest BCUT2D eigenvalue weighted by atomic mass is 16.2. The second kappa shape index (κ2) is 5.16. The molecule has 2 heterocycles. The Labute approximate surface area is 125 Å². The van der Waals surface area contributed by atoms with Gasteiger partial charge in [0.25, 0.3) is 0 Å². The van der Waals surface area contributed by atoms with Crippen molar-refractivity contribution < 1.29 is 9.59 Å². The summed E-state index contributed by atoms with van der Waals surface area (Å²) in [5, 5.41) is 7.23. The molecule has 2 unspecified atom stereocenters. The van der Waals surface area contributed by atoms with Gasteiger partial charge in [-0.2, -0.15) is 5.10 Å². The molecule has 0 spiro atoms. The van der Waals surface area contributed by atoms with Crippen molar-refractivity contribution in [3.63, 3.8) is 0 Å². The van der Waals surface area contributed by atoms with Crippen LogP contribution < -0.4 is 5.32 Å². The van der Waals surface area contributed by atoms with Crippen LogP contribution in [0.25, 0.3) is 0 Å². The van der Waals surface area contributed by atoms with Gasteiger partial charge in [0.15, 0.2) is 0 Å². The van der Waals surface area contributed by atoms with Crippen molar-refractivity contribution in [2.24, 2.45) is 7.05 Å². The zero-order valence-electron chi connectivity index (χ0n) is 13.4. The van der Waals surface area contributed by atoms with Crippen molar-refractivity contribution in [1.29, 1.82) is 0 Å². The van der Waals surface area contributed by atoms with E-state index in [1.54, 1.807) is 16.5 Å². The van der Waals surface area contributed by atoms with Crippen LogP contribution >= 0.6 is 0 Å². The number of carbonyl (C=O) groups excluding carboxylic acids is 2. The Kier molecular flexibility index (Phi) is 3.82. The van der Waals surface area contributed by atoms with Crippen molar-refractivity contribution in [2.75, 3.05) is 0 Å². The molecule has 0 saturated carbocycles. The maximum absolute atomic E-state index is 12.9. The highest BCUT2D eigenvalue weighted by Gasteiger charge is 2.52. The van der Waals surface area contributed by atoms with E-state index in [2.05, 4.69) is 10.4 Å². The molecule has 6 heteroatoms. The van der Waals surface area contributed by atoms with Crippen molar-refractivity contribution in [2.45, 2.75) is 58.2 Å². The second-order valence-electron chi connectivity index (χ2n) is 6.14. The molecule has 0 aromatic carbocycles. The first kappa shape index (κ1) is 15.5. The number of carbonyl (C=O) groups is 2. The number of hydrogen-bond acceptors (Lipinski definition) is 3. The number of rotatable bonds is 4. The first-order valence-corrected chi connectivity index (χ1v) is 7.40. The van der Waals surface area contributed by atoms with Gasteiger partial charge in [0, 0.05) is 13.2 Å². The highest BCUT2D eigenvalue weighted by Crippen LogP contribution is 2.31. The van der Waals surface area contributed by atoms with Crippen molar-refractivity contribution in [3.8, 4) is 0 Å². The van der Waals surface area contributed by atoms with E-state index in [-0.39, 0.29) is 11.8 Å². The molecule has 2 rings (SSSR count). The van der Waals surface area contributed by atoms with Crippen molar-refractivity contribution in [1.82, 2.24) is 20.0 Å². The molecular weight excluding hydrogens is 268 g/mol. The molecule has 0 bridgehead atoms. The third-order valence-electron chi connectivity index (χ3n) is 4.68. The number of nitrogens with zero attached hydrogens (tertiary/aromatic N) is 3. The predicted molar refractivity (Wildman–Crippen MR) is 79.3 cm³/mol. The topological polar surface area (TPSA) is 67.2 Å². The molecule has 1 fully saturated rings. The molecule has 1 aromatic heterocycles. The molecule has 6 nitrogen and oxygen atoms in total. The van der Waals surface area contributed by atoms with Gasteiger partial charge >= 0.3 is 0 Å². The Balaban J connectivity index is 2.39. The van der Waals surface area contributed by atoms with Crippen LogP contribution in [0.2, 0.25) is 0 Å². The fraction of sp³-hybridized carbons (Fsp3) is 0.667. The van der Waals surface area contributed by atoms with Gasteiger partial charge in [-0.05, 0) is 32.8 Å². The fourth-order valence-corrected chi connectivity index (χ4v) is 2.63. The van der Waals surface area contributed by atoms with Gasteiger partial charge in [-0.3, -0.25) is 14.3 Å². The lowest BCUT2D eigenvalue weighted by molar-refractivity contribution is -0.163. The third kappa shape index (κ3) is 2.43. The number of nitrogens with one attached hydrogen (secondary N) is 1. The summed E-state index contributed by atoms with van der Waals surface area (Å²) < 4.78 is 1.70. The molecule has 21 heavy (non-hydrogen) atoms. The van der Waals surface area contributed by atoms with Crippen LogP contribution in [0.5, 0.6) is 0 Å². The van der Waals surface area contributed by atoms with E-state index < -0.39 is 11.1 Å². The Morgan fingerprint density at radius 3 is 2.38 bits per heavy atom. The van der Waals surface area contributed by atoms with Crippen LogP contribution in [0.1, 0.15) is 46.2 Å². The molecule has 0 aliphatic carbocycles. The molecule has 2 amide bonds. The van der Waals surface area contributed by atoms with E-state index in [9.17, 15) is 9.59 Å². The summed E-state index contributed by atoms with van der Waals surface area (Å²) in [7, 11) is 1.84. The summed E-state index contributed by atoms with van der Waals surface area (Å²) in [6, 6.07) is 1.87. The van der Waals surface area contributed by atoms with E-state index in [1.807, 2.05) is 40.1 Å². The fourth-order valence-electron chi connectivity index (χ4n) is 2.63. The average Bonchev–Trinajstić information content (AvgIpc) is 2.87. The second-order valence-corrected chi connectivity index (χ2v) is 6.14. The zero-order valence-corrected chi connectivity index (χ0v) is 13.4. The summed E-state index contributed by atoms with van der Waals surface area (Å²) in [6.45, 7) is 7.79. The summed E-state index contributed by atoms with van der Waals surface area (Å²) in [5.74, 6) is -0.135. The highest BCUT2D eigenvalue weighted by molar-refractivity contribution is 6.01. The minimum absolute atomic E-state index is 0.0420. The molecule has 1 aliphatic heterocycles. The molecular formula is C15H24N4O2. The van der Waals surface area contributed by atoms with E-state index in [0.29, 0.717) is 19.4 Å². The largest absolute Gasteiger partial charge is 0.340 e. The van der Waals surface area contributed by atoms with Crippen LogP contribution in [0.4, 0.5) is 0 Å². The molecule has 1 saturated heterocycles. The monoisotopic (exact) mass is 292 g/mol. The lowest BCUT2D eigenvalue weighted by atomic mass is 9.84. The summed E-state index contributed by atoms with van der Waals surface area (Å²) in [5.41, 5.74) is -0.872. The van der Waals surface area contributed by atoms with Crippen LogP contribution in [0, 0.1) is 0 Å². The Morgan fingerprint density at radius 1 is 1.24 bits per heavy atom. The van der Waals surface area contributed by atoms with Crippen LogP contribution in [0.15, 0.2) is 12.3 Å². The Bertz CT molecular complexity index is 568. The van der Waals surface area contributed by atoms with E-state index >= 15 is 0 Å². The van der Waals surface area contributed by atoms with E-state index in [0.717, 1.165) is 5.69 Å². The maximum atomic E-state index is 12.9. The molecule has 1 aliphatic rings. The molecule has 116 valence electrons. The van der Waals surface area contributed by atoms with E-state index in [4.69, 9.17) is 0 Å². The zero-order chi connectivity index (χ0) is 15.8. The Morgan fingerprint density at radius 2 is 1.90 bits per heavy atom. The predicted octanol–water partition coefficient (Wildman–Crippen LogP) is 1.22. The molecule has 2 atom stereocenters. The first-order chi connectivity index (χ1) is 9.76. The average molecular weight is 292 g/mol. The van der Waals surface area contributed by atoms with Crippen LogP contribution in [0.3, 0.4) is 0 Å². The van der Waals surface area contributed by atoms with E-state index in [1.165, 1.54) is 0 Å². The summed E-state index contributed by atoms with van der Waals surface area (Å²) >= 11 is 0. The number of amides is 2. The van der Waals surface area contributed by atoms with Crippen LogP contribution in [-0.4, -0.2) is 37.6 Å². The number of aryl methyl sites for hydroxylation is 1. The van der Waals surface area contributed by atoms with Gasteiger partial charge in [-0.1, -0.05) is 13.8 Å². The van der Waals surface area contributed by atoms with Gasteiger partial charge in [-0.15, -0.1) is 0 Å². The maximum Gasteiger partial charge on any atom is 0.249 e. The molecule has 0 radical (unpaired) electrons. The quantitative estimate of drug-likeness (QED) is 0.907. The van der Waals surface area contributed by atoms with Crippen molar-refractivity contribution >= 4 is 11.8 Å². The summed E-state index contributed by atoms with van der Waals surface area (Å²) in [6.07, 6.45) is 2.97. The number of hydrogen-bond donors (Lipinski definition) is 1. The minimum Gasteiger partial charge on any atom is -0.340 e. The standard InChI is InChI=1S/C15H24N4O2/c1-6-14(3)13(21)19(10-11-8-9-18(5)17-11)15(4,7-2)12(20)16-14/h8-9H,6-7,10H2,1-5H3,(H,16,20). The van der Waals surface area contributed by atoms with Gasteiger partial charge < -0.3 is 10.2 Å².